The zero-order valence-corrected chi connectivity index (χ0v) is 7.63. The molecule has 0 aliphatic carbocycles. The van der Waals surface area contributed by atoms with Crippen LogP contribution >= 0.6 is 0 Å². The molecule has 2 rings (SSSR count). The number of fused-ring (bicyclic) bond motifs is 1. The maximum Gasteiger partial charge on any atom is 0.379 e. The number of nitrogens with zero attached hydrogens (tertiary/aromatic N) is 1. The fraction of sp³-hybridized carbons (Fsp3) is 1.00. The van der Waals surface area contributed by atoms with Crippen molar-refractivity contribution in [2.24, 2.45) is 0 Å². The normalized spacial score (nSPS) is 36.3. The first-order valence-corrected chi connectivity index (χ1v) is 4.55. The third-order valence-corrected chi connectivity index (χ3v) is 3.04. The zero-order valence-electron chi connectivity index (χ0n) is 7.63. The van der Waals surface area contributed by atoms with Crippen molar-refractivity contribution in [1.29, 1.82) is 0 Å². The molecular formula is C8H16BNO. The van der Waals surface area contributed by atoms with Gasteiger partial charge in [-0.25, -0.2) is 0 Å². The van der Waals surface area contributed by atoms with E-state index >= 15 is 0 Å². The minimum atomic E-state index is 0.0932. The van der Waals surface area contributed by atoms with E-state index in [1.54, 1.807) is 0 Å². The summed E-state index contributed by atoms with van der Waals surface area (Å²) in [6.07, 6.45) is 2.67. The molecular weight excluding hydrogens is 137 g/mol. The second-order valence-corrected chi connectivity index (χ2v) is 4.22. The lowest BCUT2D eigenvalue weighted by Crippen LogP contribution is -2.37. The Morgan fingerprint density at radius 3 is 2.91 bits per heavy atom. The summed E-state index contributed by atoms with van der Waals surface area (Å²) in [4.78, 5) is 2.49. The molecule has 0 aromatic rings. The summed E-state index contributed by atoms with van der Waals surface area (Å²) < 4.78 is 5.84. The van der Waals surface area contributed by atoms with Crippen molar-refractivity contribution < 1.29 is 4.65 Å². The highest BCUT2D eigenvalue weighted by Crippen LogP contribution is 2.36. The Morgan fingerprint density at radius 2 is 2.27 bits per heavy atom. The predicted octanol–water partition coefficient (Wildman–Crippen LogP) is 1.38. The average molecular weight is 153 g/mol. The average Bonchev–Trinajstić information content (AvgIpc) is 2.37. The Kier molecular flexibility index (Phi) is 1.55. The summed E-state index contributed by atoms with van der Waals surface area (Å²) in [5.41, 5.74) is 0.0932. The van der Waals surface area contributed by atoms with E-state index in [4.69, 9.17) is 4.65 Å². The molecule has 0 bridgehead atoms. The van der Waals surface area contributed by atoms with E-state index in [9.17, 15) is 0 Å². The van der Waals surface area contributed by atoms with Gasteiger partial charge < -0.3 is 9.47 Å². The van der Waals surface area contributed by atoms with Crippen LogP contribution in [0, 0.1) is 0 Å². The lowest BCUT2D eigenvalue weighted by atomic mass is 9.86. The van der Waals surface area contributed by atoms with Gasteiger partial charge in [0.2, 0.25) is 0 Å². The molecule has 0 saturated carbocycles. The van der Waals surface area contributed by atoms with Gasteiger partial charge in [-0.1, -0.05) is 0 Å². The fourth-order valence-electron chi connectivity index (χ4n) is 2.56. The van der Waals surface area contributed by atoms with Crippen LogP contribution in [-0.4, -0.2) is 30.0 Å². The van der Waals surface area contributed by atoms with E-state index < -0.39 is 0 Å². The Hall–Kier alpha value is -0.0151. The molecule has 0 radical (unpaired) electrons. The standard InChI is InChI=1S/C8H16BNO/c1-8(2)7-5-4-6-10(7)9(3)11-8/h7H,4-6H2,1-3H3/t7-/m0/s1. The van der Waals surface area contributed by atoms with E-state index in [2.05, 4.69) is 25.5 Å². The van der Waals surface area contributed by atoms with Gasteiger partial charge in [0.15, 0.2) is 0 Å². The van der Waals surface area contributed by atoms with Crippen LogP contribution in [0.4, 0.5) is 0 Å². The van der Waals surface area contributed by atoms with Gasteiger partial charge in [-0.3, -0.25) is 0 Å². The van der Waals surface area contributed by atoms with Crippen LogP contribution in [0.3, 0.4) is 0 Å². The first-order chi connectivity index (χ1) is 5.11. The van der Waals surface area contributed by atoms with Crippen molar-refractivity contribution >= 4 is 7.05 Å². The van der Waals surface area contributed by atoms with Crippen molar-refractivity contribution in [1.82, 2.24) is 4.81 Å². The molecule has 2 aliphatic heterocycles. The van der Waals surface area contributed by atoms with Crippen molar-refractivity contribution in [3.8, 4) is 0 Å². The van der Waals surface area contributed by atoms with Gasteiger partial charge in [0.05, 0.1) is 5.60 Å². The molecule has 0 N–H and O–H groups in total. The first kappa shape index (κ1) is 7.62. The Balaban J connectivity index is 2.20. The smallest absolute Gasteiger partial charge is 0.379 e. The molecule has 2 saturated heterocycles. The second kappa shape index (κ2) is 2.24. The van der Waals surface area contributed by atoms with Crippen LogP contribution in [0.5, 0.6) is 0 Å². The van der Waals surface area contributed by atoms with Gasteiger partial charge in [-0.2, -0.15) is 0 Å². The van der Waals surface area contributed by atoms with Crippen LogP contribution in [0.15, 0.2) is 0 Å². The van der Waals surface area contributed by atoms with E-state index in [-0.39, 0.29) is 5.60 Å². The van der Waals surface area contributed by atoms with Crippen LogP contribution in [0.1, 0.15) is 26.7 Å². The van der Waals surface area contributed by atoms with Gasteiger partial charge in [-0.15, -0.1) is 0 Å². The van der Waals surface area contributed by atoms with E-state index in [1.807, 2.05) is 0 Å². The van der Waals surface area contributed by atoms with Gasteiger partial charge >= 0.3 is 7.05 Å². The molecule has 0 amide bonds. The highest BCUT2D eigenvalue weighted by atomic mass is 16.5. The molecule has 2 nitrogen and oxygen atoms in total. The first-order valence-electron chi connectivity index (χ1n) is 4.55. The predicted molar refractivity (Wildman–Crippen MR) is 46.5 cm³/mol. The van der Waals surface area contributed by atoms with E-state index in [0.717, 1.165) is 0 Å². The van der Waals surface area contributed by atoms with Crippen molar-refractivity contribution in [2.75, 3.05) is 6.54 Å². The molecule has 0 aromatic heterocycles. The highest BCUT2D eigenvalue weighted by molar-refractivity contribution is 6.48. The van der Waals surface area contributed by atoms with Gasteiger partial charge in [-0.05, 0) is 40.1 Å². The monoisotopic (exact) mass is 153 g/mol. The molecule has 3 heteroatoms. The number of hydrogen-bond donors (Lipinski definition) is 0. The van der Waals surface area contributed by atoms with Gasteiger partial charge in [0.25, 0.3) is 0 Å². The lowest BCUT2D eigenvalue weighted by molar-refractivity contribution is 0.105. The highest BCUT2D eigenvalue weighted by Gasteiger charge is 2.49. The molecule has 0 aromatic carbocycles. The number of rotatable bonds is 0. The molecule has 0 spiro atoms. The lowest BCUT2D eigenvalue weighted by Gasteiger charge is -2.25. The van der Waals surface area contributed by atoms with Crippen LogP contribution in [0.25, 0.3) is 0 Å². The largest absolute Gasteiger partial charge is 0.415 e. The molecule has 1 atom stereocenters. The molecule has 62 valence electrons. The second-order valence-electron chi connectivity index (χ2n) is 4.22. The maximum absolute atomic E-state index is 5.84. The van der Waals surface area contributed by atoms with E-state index in [0.29, 0.717) is 13.1 Å². The third kappa shape index (κ3) is 1.02. The van der Waals surface area contributed by atoms with Crippen LogP contribution in [-0.2, 0) is 4.65 Å². The van der Waals surface area contributed by atoms with Gasteiger partial charge in [0, 0.05) is 6.04 Å². The summed E-state index contributed by atoms with van der Waals surface area (Å²) in [6.45, 7) is 7.81. The van der Waals surface area contributed by atoms with Crippen molar-refractivity contribution in [2.45, 2.75) is 45.2 Å². The quantitative estimate of drug-likeness (QED) is 0.487. The third-order valence-electron chi connectivity index (χ3n) is 3.04. The Bertz CT molecular complexity index is 171. The summed E-state index contributed by atoms with van der Waals surface area (Å²) in [5, 5.41) is 0. The minimum Gasteiger partial charge on any atom is -0.415 e. The molecule has 11 heavy (non-hydrogen) atoms. The van der Waals surface area contributed by atoms with Crippen LogP contribution in [0.2, 0.25) is 6.82 Å². The summed E-state index contributed by atoms with van der Waals surface area (Å²) in [6, 6.07) is 0.678. The molecule has 2 aliphatic rings. The fourth-order valence-corrected chi connectivity index (χ4v) is 2.56. The van der Waals surface area contributed by atoms with Crippen LogP contribution < -0.4 is 0 Å². The van der Waals surface area contributed by atoms with Crippen molar-refractivity contribution in [3.63, 3.8) is 0 Å². The summed E-state index contributed by atoms with van der Waals surface area (Å²) in [5.74, 6) is 0. The van der Waals surface area contributed by atoms with E-state index in [1.165, 1.54) is 19.4 Å². The molecule has 0 unspecified atom stereocenters. The zero-order chi connectivity index (χ0) is 8.06. The molecule has 2 heterocycles. The Morgan fingerprint density at radius 1 is 1.55 bits per heavy atom. The summed E-state index contributed by atoms with van der Waals surface area (Å²) in [7, 11) is 0.345. The Labute approximate surface area is 69.0 Å². The van der Waals surface area contributed by atoms with Gasteiger partial charge in [0.1, 0.15) is 0 Å². The SMILES string of the molecule is CB1OC(C)(C)[C@@H]2CCCN12. The molecule has 2 fully saturated rings. The van der Waals surface area contributed by atoms with Crippen molar-refractivity contribution in [3.05, 3.63) is 0 Å². The maximum atomic E-state index is 5.84. The topological polar surface area (TPSA) is 12.5 Å². The summed E-state index contributed by atoms with van der Waals surface area (Å²) >= 11 is 0. The minimum absolute atomic E-state index is 0.0932. The number of hydrogen-bond acceptors (Lipinski definition) is 2.